The second-order valence-electron chi connectivity index (χ2n) is 3.00. The molecule has 0 saturated carbocycles. The highest BCUT2D eigenvalue weighted by Crippen LogP contribution is 2.19. The van der Waals surface area contributed by atoms with E-state index < -0.39 is 30.7 Å². The maximum atomic E-state index is 9.36. The van der Waals surface area contributed by atoms with Crippen LogP contribution in [0.5, 0.6) is 0 Å². The topological polar surface area (TPSA) is 148 Å². The quantitative estimate of drug-likeness (QED) is 0.188. The number of aliphatic hydroxyl groups is 4. The zero-order chi connectivity index (χ0) is 11.4. The summed E-state index contributed by atoms with van der Waals surface area (Å²) < 4.78 is 4.72. The van der Waals surface area contributed by atoms with Gasteiger partial charge in [0.2, 0.25) is 0 Å². The summed E-state index contributed by atoms with van der Waals surface area (Å²) in [5, 5.41) is 39.5. The first-order valence-corrected chi connectivity index (χ1v) is 4.12. The molecule has 1 aliphatic heterocycles. The Balaban J connectivity index is 2.54. The molecule has 1 heterocycles. The smallest absolute Gasteiger partial charge is 0.184 e. The highest BCUT2D eigenvalue weighted by atomic mass is 16.7. The van der Waals surface area contributed by atoms with Crippen LogP contribution in [0.1, 0.15) is 0 Å². The van der Waals surface area contributed by atoms with E-state index in [1.165, 1.54) is 0 Å². The third-order valence-electron chi connectivity index (χ3n) is 2.02. The Morgan fingerprint density at radius 1 is 1.20 bits per heavy atom. The van der Waals surface area contributed by atoms with Crippen LogP contribution in [0.15, 0.2) is 5.28 Å². The molecule has 86 valence electrons. The van der Waals surface area contributed by atoms with Crippen LogP contribution in [0.2, 0.25) is 0 Å². The van der Waals surface area contributed by atoms with Crippen molar-refractivity contribution in [1.29, 1.82) is 0 Å². The summed E-state index contributed by atoms with van der Waals surface area (Å²) in [5.41, 5.74) is 7.90. The molecule has 0 radical (unpaired) electrons. The molecule has 1 aliphatic rings. The summed E-state index contributed by atoms with van der Waals surface area (Å²) in [4.78, 5) is 6.63. The SMILES string of the molecule is [N-]=[N+]=NOC[C@H]1O[C@H](O)[C@H](O)[C@@H](O)[C@@H]1O. The van der Waals surface area contributed by atoms with Crippen LogP contribution in [-0.4, -0.2) is 57.7 Å². The van der Waals surface area contributed by atoms with Gasteiger partial charge in [-0.25, -0.2) is 0 Å². The second-order valence-corrected chi connectivity index (χ2v) is 3.00. The van der Waals surface area contributed by atoms with Crippen LogP contribution in [0.3, 0.4) is 0 Å². The fraction of sp³-hybridized carbons (Fsp3) is 1.00. The van der Waals surface area contributed by atoms with Crippen molar-refractivity contribution in [2.45, 2.75) is 30.7 Å². The van der Waals surface area contributed by atoms with E-state index in [-0.39, 0.29) is 6.61 Å². The van der Waals surface area contributed by atoms with Gasteiger partial charge in [0.1, 0.15) is 36.3 Å². The predicted octanol–water partition coefficient (Wildman–Crippen LogP) is -1.97. The Bertz CT molecular complexity index is 257. The first-order valence-electron chi connectivity index (χ1n) is 4.12. The minimum atomic E-state index is -1.62. The standard InChI is InChI=1S/C6H11N3O6/c7-8-9-14-1-2-3(10)4(11)5(12)6(13)15-2/h2-6,10-13H,1H2/t2-,3-,4+,5-,6+/m1/s1. The maximum Gasteiger partial charge on any atom is 0.184 e. The lowest BCUT2D eigenvalue weighted by Crippen LogP contribution is -2.58. The lowest BCUT2D eigenvalue weighted by molar-refractivity contribution is -0.288. The van der Waals surface area contributed by atoms with Crippen molar-refractivity contribution in [2.75, 3.05) is 6.61 Å². The van der Waals surface area contributed by atoms with Crippen molar-refractivity contribution < 1.29 is 30.0 Å². The van der Waals surface area contributed by atoms with Gasteiger partial charge in [-0.05, 0) is 5.53 Å². The highest BCUT2D eigenvalue weighted by molar-refractivity contribution is 4.88. The molecule has 0 amide bonds. The van der Waals surface area contributed by atoms with Crippen LogP contribution in [-0.2, 0) is 9.57 Å². The van der Waals surface area contributed by atoms with Crippen molar-refractivity contribution in [1.82, 2.24) is 0 Å². The van der Waals surface area contributed by atoms with Gasteiger partial charge in [-0.15, -0.1) is 0 Å². The highest BCUT2D eigenvalue weighted by Gasteiger charge is 2.43. The number of aliphatic hydroxyl groups excluding tert-OH is 4. The summed E-state index contributed by atoms with van der Waals surface area (Å²) in [6.45, 7) is -0.341. The Morgan fingerprint density at radius 3 is 2.47 bits per heavy atom. The Labute approximate surface area is 84.0 Å². The molecule has 1 fully saturated rings. The molecule has 0 aromatic rings. The van der Waals surface area contributed by atoms with Crippen LogP contribution < -0.4 is 0 Å². The molecule has 9 heteroatoms. The molecule has 4 N–H and O–H groups in total. The fourth-order valence-electron chi connectivity index (χ4n) is 1.20. The van der Waals surface area contributed by atoms with E-state index in [9.17, 15) is 10.2 Å². The van der Waals surface area contributed by atoms with Crippen molar-refractivity contribution in [3.63, 3.8) is 0 Å². The minimum Gasteiger partial charge on any atom is -0.431 e. The number of azide groups is 1. The van der Waals surface area contributed by atoms with Crippen molar-refractivity contribution in [2.24, 2.45) is 5.28 Å². The molecule has 9 nitrogen and oxygen atoms in total. The van der Waals surface area contributed by atoms with E-state index >= 15 is 0 Å². The Kier molecular flexibility index (Phi) is 4.09. The van der Waals surface area contributed by atoms with E-state index in [1.807, 2.05) is 0 Å². The van der Waals surface area contributed by atoms with Gasteiger partial charge < -0.3 is 30.0 Å². The summed E-state index contributed by atoms with van der Waals surface area (Å²) in [5.74, 6) is 0. The first-order chi connectivity index (χ1) is 7.07. The minimum absolute atomic E-state index is 0.341. The monoisotopic (exact) mass is 221 g/mol. The zero-order valence-corrected chi connectivity index (χ0v) is 7.54. The summed E-state index contributed by atoms with van der Waals surface area (Å²) in [6, 6.07) is 0. The van der Waals surface area contributed by atoms with Gasteiger partial charge in [-0.2, -0.15) is 0 Å². The van der Waals surface area contributed by atoms with Crippen molar-refractivity contribution in [3.05, 3.63) is 10.4 Å². The molecule has 15 heavy (non-hydrogen) atoms. The molecule has 0 unspecified atom stereocenters. The van der Waals surface area contributed by atoms with E-state index in [2.05, 4.69) is 15.0 Å². The lowest BCUT2D eigenvalue weighted by atomic mass is 9.99. The van der Waals surface area contributed by atoms with Gasteiger partial charge in [0.15, 0.2) is 6.29 Å². The molecule has 1 rings (SSSR count). The Hall–Kier alpha value is -1.09. The van der Waals surface area contributed by atoms with E-state index in [0.717, 1.165) is 0 Å². The number of hydrogen-bond acceptors (Lipinski definition) is 7. The van der Waals surface area contributed by atoms with Gasteiger partial charge in [-0.3, -0.25) is 0 Å². The van der Waals surface area contributed by atoms with E-state index in [4.69, 9.17) is 20.5 Å². The molecule has 0 aromatic heterocycles. The summed E-state index contributed by atoms with van der Waals surface area (Å²) in [6.07, 6.45) is -7.27. The average molecular weight is 221 g/mol. The summed E-state index contributed by atoms with van der Waals surface area (Å²) in [7, 11) is 0. The summed E-state index contributed by atoms with van der Waals surface area (Å²) >= 11 is 0. The largest absolute Gasteiger partial charge is 0.431 e. The van der Waals surface area contributed by atoms with E-state index in [1.54, 1.807) is 0 Å². The molecular weight excluding hydrogens is 210 g/mol. The zero-order valence-electron chi connectivity index (χ0n) is 7.54. The third kappa shape index (κ3) is 2.69. The molecule has 1 saturated heterocycles. The van der Waals surface area contributed by atoms with Gasteiger partial charge in [0.05, 0.1) is 0 Å². The molecular formula is C6H11N3O6. The van der Waals surface area contributed by atoms with E-state index in [0.29, 0.717) is 0 Å². The fourth-order valence-corrected chi connectivity index (χ4v) is 1.20. The normalized spacial score (nSPS) is 40.7. The number of hydrogen-bond donors (Lipinski definition) is 4. The number of nitrogens with zero attached hydrogens (tertiary/aromatic N) is 3. The Morgan fingerprint density at radius 2 is 1.87 bits per heavy atom. The molecule has 0 aromatic carbocycles. The van der Waals surface area contributed by atoms with Crippen LogP contribution in [0.4, 0.5) is 0 Å². The molecule has 5 atom stereocenters. The van der Waals surface area contributed by atoms with Crippen LogP contribution in [0, 0.1) is 0 Å². The van der Waals surface area contributed by atoms with Gasteiger partial charge in [0.25, 0.3) is 0 Å². The lowest BCUT2D eigenvalue weighted by Gasteiger charge is -2.37. The predicted molar refractivity (Wildman–Crippen MR) is 44.0 cm³/mol. The second kappa shape index (κ2) is 5.12. The van der Waals surface area contributed by atoms with Crippen molar-refractivity contribution in [3.8, 4) is 0 Å². The third-order valence-corrected chi connectivity index (χ3v) is 2.02. The molecule has 0 spiro atoms. The maximum absolute atomic E-state index is 9.36. The van der Waals surface area contributed by atoms with Crippen LogP contribution in [0.25, 0.3) is 10.4 Å². The molecule has 0 bridgehead atoms. The first kappa shape index (κ1) is 12.0. The van der Waals surface area contributed by atoms with Gasteiger partial charge in [-0.1, -0.05) is 0 Å². The van der Waals surface area contributed by atoms with Gasteiger partial charge >= 0.3 is 0 Å². The number of ether oxygens (including phenoxy) is 1. The van der Waals surface area contributed by atoms with Crippen LogP contribution >= 0.6 is 0 Å². The van der Waals surface area contributed by atoms with Gasteiger partial charge in [0, 0.05) is 4.91 Å². The number of rotatable bonds is 3. The molecule has 0 aliphatic carbocycles. The van der Waals surface area contributed by atoms with Crippen molar-refractivity contribution >= 4 is 0 Å². The average Bonchev–Trinajstić information content (AvgIpc) is 2.23.